The fraction of sp³-hybridized carbons (Fsp3) is 0.0455. The minimum absolute atomic E-state index is 0.109. The molecule has 0 saturated heterocycles. The lowest BCUT2D eigenvalue weighted by atomic mass is 10.1. The second kappa shape index (κ2) is 11.5. The molecule has 2 amide bonds. The Morgan fingerprint density at radius 2 is 1.38 bits per heavy atom. The van der Waals surface area contributed by atoms with E-state index < -0.39 is 28.0 Å². The van der Waals surface area contributed by atoms with E-state index in [1.165, 1.54) is 11.8 Å². The predicted octanol–water partition coefficient (Wildman–Crippen LogP) is 7.63. The Balaban J connectivity index is 1.73. The zero-order valence-electron chi connectivity index (χ0n) is 16.8. The molecule has 34 heavy (non-hydrogen) atoms. The molecule has 0 heterocycles. The van der Waals surface area contributed by atoms with Crippen LogP contribution in [0.5, 0.6) is 0 Å². The summed E-state index contributed by atoms with van der Waals surface area (Å²) >= 11 is 31.1. The summed E-state index contributed by atoms with van der Waals surface area (Å²) in [4.78, 5) is 37.5. The van der Waals surface area contributed by atoms with Gasteiger partial charge in [-0.1, -0.05) is 64.1 Å². The molecule has 0 aliphatic rings. The molecule has 12 heteroatoms. The molecular weight excluding hydrogens is 566 g/mol. The maximum atomic E-state index is 12.9. The zero-order chi connectivity index (χ0) is 25.0. The van der Waals surface area contributed by atoms with Gasteiger partial charge < -0.3 is 15.7 Å². The number of rotatable bonds is 7. The van der Waals surface area contributed by atoms with Crippen molar-refractivity contribution in [3.63, 3.8) is 0 Å². The lowest BCUT2D eigenvalue weighted by molar-refractivity contribution is -0.113. The van der Waals surface area contributed by atoms with Gasteiger partial charge in [0.2, 0.25) is 5.91 Å². The Bertz CT molecular complexity index is 1290. The first-order valence-corrected chi connectivity index (χ1v) is 12.1. The van der Waals surface area contributed by atoms with Crippen LogP contribution in [0.2, 0.25) is 25.1 Å². The summed E-state index contributed by atoms with van der Waals surface area (Å²) in [6.07, 6.45) is 0. The summed E-state index contributed by atoms with van der Waals surface area (Å²) < 4.78 is 0. The van der Waals surface area contributed by atoms with Crippen LogP contribution in [0.3, 0.4) is 0 Å². The van der Waals surface area contributed by atoms with Gasteiger partial charge in [-0.05, 0) is 42.5 Å². The Kier molecular flexibility index (Phi) is 8.98. The second-order valence-electron chi connectivity index (χ2n) is 6.64. The third-order valence-corrected chi connectivity index (χ3v) is 7.35. The lowest BCUT2D eigenvalue weighted by Gasteiger charge is -2.14. The molecule has 6 nitrogen and oxygen atoms in total. The second-order valence-corrected chi connectivity index (χ2v) is 9.63. The molecule has 0 unspecified atom stereocenters. The van der Waals surface area contributed by atoms with Gasteiger partial charge in [0.05, 0.1) is 37.0 Å². The summed E-state index contributed by atoms with van der Waals surface area (Å²) in [7, 11) is 0. The molecule has 0 atom stereocenters. The molecular formula is C22H13Cl5N2O4S. The number of amides is 2. The number of carboxylic acids is 1. The molecule has 3 aromatic rings. The van der Waals surface area contributed by atoms with Crippen molar-refractivity contribution in [1.82, 2.24) is 0 Å². The molecule has 0 bridgehead atoms. The molecule has 3 N–H and O–H groups in total. The number of carboxylic acid groups (broad SMARTS) is 1. The number of benzene rings is 3. The van der Waals surface area contributed by atoms with E-state index in [0.717, 1.165) is 0 Å². The van der Waals surface area contributed by atoms with Crippen molar-refractivity contribution in [3.05, 3.63) is 84.8 Å². The highest BCUT2D eigenvalue weighted by molar-refractivity contribution is 8.00. The van der Waals surface area contributed by atoms with Crippen LogP contribution < -0.4 is 10.6 Å². The van der Waals surface area contributed by atoms with Crippen LogP contribution in [0.4, 0.5) is 11.4 Å². The summed E-state index contributed by atoms with van der Waals surface area (Å²) in [5.41, 5.74) is -0.0398. The summed E-state index contributed by atoms with van der Waals surface area (Å²) in [5.74, 6) is -2.46. The summed E-state index contributed by atoms with van der Waals surface area (Å²) in [5, 5.41) is 14.2. The first-order valence-electron chi connectivity index (χ1n) is 9.27. The van der Waals surface area contributed by atoms with Crippen molar-refractivity contribution in [3.8, 4) is 0 Å². The number of carbonyl (C=O) groups is 3. The third kappa shape index (κ3) is 6.30. The minimum Gasteiger partial charge on any atom is -0.478 e. The lowest BCUT2D eigenvalue weighted by Crippen LogP contribution is -2.18. The van der Waals surface area contributed by atoms with Crippen LogP contribution in [0, 0.1) is 0 Å². The standard InChI is InChI=1S/C22H13Cl5N2O4S/c23-10-4-6-11(7-5-10)28-14(30)9-34-13-3-1-2-12(8-13)29-21(31)15-16(22(32)33)18(25)20(27)19(26)17(15)24/h1-8H,9H2,(H,28,30)(H,29,31)(H,32,33). The van der Waals surface area contributed by atoms with Crippen molar-refractivity contribution in [2.75, 3.05) is 16.4 Å². The SMILES string of the molecule is O=C(CSc1cccc(NC(=O)c2c(Cl)c(Cl)c(Cl)c(Cl)c2C(=O)O)c1)Nc1ccc(Cl)cc1. The Morgan fingerprint density at radius 1 is 0.765 bits per heavy atom. The van der Waals surface area contributed by atoms with Crippen molar-refractivity contribution in [1.29, 1.82) is 0 Å². The average Bonchev–Trinajstić information content (AvgIpc) is 2.80. The average molecular weight is 579 g/mol. The Morgan fingerprint density at radius 3 is 2.00 bits per heavy atom. The molecule has 3 rings (SSSR count). The van der Waals surface area contributed by atoms with Gasteiger partial charge in [-0.15, -0.1) is 11.8 Å². The number of nitrogens with one attached hydrogen (secondary N) is 2. The van der Waals surface area contributed by atoms with Crippen LogP contribution in [0.25, 0.3) is 0 Å². The molecule has 0 aliphatic carbocycles. The van der Waals surface area contributed by atoms with Gasteiger partial charge in [0.15, 0.2) is 0 Å². The summed E-state index contributed by atoms with van der Waals surface area (Å²) in [6.45, 7) is 0. The Labute approximate surface area is 223 Å². The number of carbonyl (C=O) groups excluding carboxylic acids is 2. The number of thioether (sulfide) groups is 1. The van der Waals surface area contributed by atoms with Crippen LogP contribution in [0.15, 0.2) is 53.4 Å². The van der Waals surface area contributed by atoms with E-state index in [1.54, 1.807) is 48.5 Å². The molecule has 0 aliphatic heterocycles. The van der Waals surface area contributed by atoms with Crippen LogP contribution in [-0.2, 0) is 4.79 Å². The minimum atomic E-state index is -1.49. The van der Waals surface area contributed by atoms with Gasteiger partial charge in [0.1, 0.15) is 0 Å². The van der Waals surface area contributed by atoms with Gasteiger partial charge in [-0.25, -0.2) is 4.79 Å². The molecule has 0 radical (unpaired) electrons. The van der Waals surface area contributed by atoms with E-state index in [4.69, 9.17) is 58.0 Å². The van der Waals surface area contributed by atoms with E-state index in [9.17, 15) is 19.5 Å². The predicted molar refractivity (Wildman–Crippen MR) is 139 cm³/mol. The van der Waals surface area contributed by atoms with Crippen molar-refractivity contribution in [2.45, 2.75) is 4.90 Å². The Hall–Kier alpha value is -2.13. The van der Waals surface area contributed by atoms with E-state index in [2.05, 4.69) is 10.6 Å². The largest absolute Gasteiger partial charge is 0.478 e. The van der Waals surface area contributed by atoms with Gasteiger partial charge >= 0.3 is 5.97 Å². The molecule has 0 saturated carbocycles. The van der Waals surface area contributed by atoms with Gasteiger partial charge in [0.25, 0.3) is 5.91 Å². The molecule has 0 spiro atoms. The normalized spacial score (nSPS) is 10.6. The van der Waals surface area contributed by atoms with Gasteiger partial charge in [0, 0.05) is 21.3 Å². The van der Waals surface area contributed by atoms with Gasteiger partial charge in [-0.3, -0.25) is 9.59 Å². The fourth-order valence-electron chi connectivity index (χ4n) is 2.78. The summed E-state index contributed by atoms with van der Waals surface area (Å²) in [6, 6.07) is 13.3. The molecule has 3 aromatic carbocycles. The van der Waals surface area contributed by atoms with Crippen LogP contribution in [-0.4, -0.2) is 28.6 Å². The first-order chi connectivity index (χ1) is 16.1. The smallest absolute Gasteiger partial charge is 0.338 e. The quantitative estimate of drug-likeness (QED) is 0.152. The highest BCUT2D eigenvalue weighted by Crippen LogP contribution is 2.41. The monoisotopic (exact) mass is 576 g/mol. The maximum Gasteiger partial charge on any atom is 0.338 e. The van der Waals surface area contributed by atoms with Crippen LogP contribution in [0.1, 0.15) is 20.7 Å². The van der Waals surface area contributed by atoms with Crippen molar-refractivity contribution >= 4 is 98.9 Å². The molecule has 176 valence electrons. The maximum absolute atomic E-state index is 12.9. The van der Waals surface area contributed by atoms with Crippen molar-refractivity contribution in [2.24, 2.45) is 0 Å². The van der Waals surface area contributed by atoms with Crippen LogP contribution >= 0.6 is 69.8 Å². The fourth-order valence-corrected chi connectivity index (χ4v) is 4.68. The van der Waals surface area contributed by atoms with E-state index in [1.807, 2.05) is 0 Å². The molecule has 0 fully saturated rings. The zero-order valence-corrected chi connectivity index (χ0v) is 21.4. The number of aromatic carboxylic acids is 1. The van der Waals surface area contributed by atoms with E-state index in [-0.39, 0.29) is 26.7 Å². The third-order valence-electron chi connectivity index (χ3n) is 4.30. The highest BCUT2D eigenvalue weighted by Gasteiger charge is 2.29. The van der Waals surface area contributed by atoms with E-state index >= 15 is 0 Å². The molecule has 0 aromatic heterocycles. The van der Waals surface area contributed by atoms with Crippen molar-refractivity contribution < 1.29 is 19.5 Å². The topological polar surface area (TPSA) is 95.5 Å². The number of hydrogen-bond donors (Lipinski definition) is 3. The number of halogens is 5. The number of hydrogen-bond acceptors (Lipinski definition) is 4. The first kappa shape index (κ1) is 26.5. The highest BCUT2D eigenvalue weighted by atomic mass is 35.5. The van der Waals surface area contributed by atoms with Gasteiger partial charge in [-0.2, -0.15) is 0 Å². The van der Waals surface area contributed by atoms with E-state index in [0.29, 0.717) is 21.3 Å². The number of anilines is 2.